The number of ether oxygens (including phenoxy) is 1. The highest BCUT2D eigenvalue weighted by atomic mass is 16.5. The minimum Gasteiger partial charge on any atom is -0.385 e. The van der Waals surface area contributed by atoms with Crippen LogP contribution >= 0.6 is 0 Å². The van der Waals surface area contributed by atoms with Gasteiger partial charge in [0.1, 0.15) is 0 Å². The van der Waals surface area contributed by atoms with E-state index in [0.717, 1.165) is 17.8 Å². The molecule has 1 fully saturated rings. The van der Waals surface area contributed by atoms with Gasteiger partial charge in [0.05, 0.1) is 13.2 Å². The summed E-state index contributed by atoms with van der Waals surface area (Å²) in [7, 11) is 0. The summed E-state index contributed by atoms with van der Waals surface area (Å²) < 4.78 is 5.30. The Labute approximate surface area is 152 Å². The fourth-order valence-corrected chi connectivity index (χ4v) is 3.17. The molecule has 0 saturated carbocycles. The number of rotatable bonds is 11. The van der Waals surface area contributed by atoms with E-state index in [1.54, 1.807) is 0 Å². The van der Waals surface area contributed by atoms with E-state index in [-0.39, 0.29) is 5.91 Å². The molecule has 1 aromatic carbocycles. The second-order valence-electron chi connectivity index (χ2n) is 6.88. The molecule has 4 heteroatoms. The van der Waals surface area contributed by atoms with Crippen LogP contribution in [0.3, 0.4) is 0 Å². The molecule has 1 saturated heterocycles. The molecule has 0 unspecified atom stereocenters. The number of carbonyl (C=O) groups excluding carboxylic acids is 1. The Bertz CT molecular complexity index is 481. The normalized spacial score (nSPS) is 14.5. The van der Waals surface area contributed by atoms with Gasteiger partial charge in [-0.2, -0.15) is 0 Å². The quantitative estimate of drug-likeness (QED) is 0.590. The van der Waals surface area contributed by atoms with Crippen molar-refractivity contribution < 1.29 is 9.53 Å². The monoisotopic (exact) mass is 346 g/mol. The van der Waals surface area contributed by atoms with Gasteiger partial charge < -0.3 is 15.0 Å². The molecule has 0 atom stereocenters. The average Bonchev–Trinajstić information content (AvgIpc) is 2.67. The summed E-state index contributed by atoms with van der Waals surface area (Å²) in [5.41, 5.74) is 1.86. The van der Waals surface area contributed by atoms with Gasteiger partial charge in [-0.25, -0.2) is 0 Å². The fraction of sp³-hybridized carbons (Fsp3) is 0.667. The third-order valence-corrected chi connectivity index (χ3v) is 4.79. The largest absolute Gasteiger partial charge is 0.385 e. The smallest absolute Gasteiger partial charge is 0.254 e. The highest BCUT2D eigenvalue weighted by molar-refractivity contribution is 5.94. The van der Waals surface area contributed by atoms with Gasteiger partial charge in [0.15, 0.2) is 0 Å². The summed E-state index contributed by atoms with van der Waals surface area (Å²) in [5.74, 6) is 0.109. The molecule has 1 amide bonds. The van der Waals surface area contributed by atoms with Crippen LogP contribution in [0.1, 0.15) is 68.6 Å². The number of anilines is 1. The van der Waals surface area contributed by atoms with Crippen LogP contribution in [0.15, 0.2) is 24.3 Å². The van der Waals surface area contributed by atoms with Crippen molar-refractivity contribution in [2.75, 3.05) is 38.2 Å². The van der Waals surface area contributed by atoms with Crippen molar-refractivity contribution in [1.29, 1.82) is 0 Å². The van der Waals surface area contributed by atoms with Gasteiger partial charge in [-0.15, -0.1) is 0 Å². The lowest BCUT2D eigenvalue weighted by Crippen LogP contribution is -2.40. The SMILES string of the molecule is CCCCCCCCCCNc1ccc(C(=O)N2CCOCC2)cc1. The third-order valence-electron chi connectivity index (χ3n) is 4.79. The van der Waals surface area contributed by atoms with Gasteiger partial charge in [-0.05, 0) is 30.7 Å². The molecule has 0 spiro atoms. The Morgan fingerprint density at radius 2 is 1.56 bits per heavy atom. The minimum absolute atomic E-state index is 0.109. The lowest BCUT2D eigenvalue weighted by molar-refractivity contribution is 0.0303. The van der Waals surface area contributed by atoms with Crippen molar-refractivity contribution in [2.45, 2.75) is 58.3 Å². The van der Waals surface area contributed by atoms with Gasteiger partial charge in [0, 0.05) is 30.9 Å². The average molecular weight is 347 g/mol. The zero-order chi connectivity index (χ0) is 17.7. The van der Waals surface area contributed by atoms with E-state index in [9.17, 15) is 4.79 Å². The van der Waals surface area contributed by atoms with Crippen LogP contribution in [-0.2, 0) is 4.74 Å². The molecule has 0 radical (unpaired) electrons. The number of nitrogens with one attached hydrogen (secondary N) is 1. The van der Waals surface area contributed by atoms with Crippen molar-refractivity contribution in [3.8, 4) is 0 Å². The number of hydrogen-bond donors (Lipinski definition) is 1. The van der Waals surface area contributed by atoms with Crippen molar-refractivity contribution >= 4 is 11.6 Å². The third kappa shape index (κ3) is 7.47. The molecule has 25 heavy (non-hydrogen) atoms. The first-order valence-electron chi connectivity index (χ1n) is 10.0. The van der Waals surface area contributed by atoms with Gasteiger partial charge >= 0.3 is 0 Å². The minimum atomic E-state index is 0.109. The summed E-state index contributed by atoms with van der Waals surface area (Å²) in [5, 5.41) is 3.46. The van der Waals surface area contributed by atoms with Crippen LogP contribution in [0.5, 0.6) is 0 Å². The Morgan fingerprint density at radius 3 is 2.20 bits per heavy atom. The maximum Gasteiger partial charge on any atom is 0.254 e. The van der Waals surface area contributed by atoms with Crippen LogP contribution in [-0.4, -0.2) is 43.7 Å². The van der Waals surface area contributed by atoms with E-state index in [1.807, 2.05) is 29.2 Å². The molecule has 1 aliphatic rings. The highest BCUT2D eigenvalue weighted by Crippen LogP contribution is 2.13. The zero-order valence-electron chi connectivity index (χ0n) is 15.8. The van der Waals surface area contributed by atoms with E-state index < -0.39 is 0 Å². The maximum absolute atomic E-state index is 12.4. The van der Waals surface area contributed by atoms with Crippen molar-refractivity contribution in [2.24, 2.45) is 0 Å². The molecule has 1 aromatic rings. The zero-order valence-corrected chi connectivity index (χ0v) is 15.8. The number of nitrogens with zero attached hydrogens (tertiary/aromatic N) is 1. The molecule has 140 valence electrons. The molecule has 0 aliphatic carbocycles. The van der Waals surface area contributed by atoms with Crippen LogP contribution in [0.25, 0.3) is 0 Å². The number of benzene rings is 1. The first kappa shape index (κ1) is 19.8. The maximum atomic E-state index is 12.4. The number of carbonyl (C=O) groups is 1. The van der Waals surface area contributed by atoms with Gasteiger partial charge in [0.2, 0.25) is 0 Å². The Morgan fingerprint density at radius 1 is 0.960 bits per heavy atom. The lowest BCUT2D eigenvalue weighted by atomic mass is 10.1. The molecular weight excluding hydrogens is 312 g/mol. The molecule has 1 heterocycles. The fourth-order valence-electron chi connectivity index (χ4n) is 3.17. The van der Waals surface area contributed by atoms with Gasteiger partial charge in [-0.3, -0.25) is 4.79 Å². The summed E-state index contributed by atoms with van der Waals surface area (Å²) in [4.78, 5) is 14.3. The number of amides is 1. The molecule has 0 bridgehead atoms. The van der Waals surface area contributed by atoms with Crippen LogP contribution < -0.4 is 5.32 Å². The number of unbranched alkanes of at least 4 members (excludes halogenated alkanes) is 7. The van der Waals surface area contributed by atoms with E-state index in [4.69, 9.17) is 4.74 Å². The molecule has 4 nitrogen and oxygen atoms in total. The predicted octanol–water partition coefficient (Wildman–Crippen LogP) is 4.71. The molecular formula is C21H34N2O2. The topological polar surface area (TPSA) is 41.6 Å². The Kier molecular flexibility index (Phi) is 9.42. The van der Waals surface area contributed by atoms with Crippen LogP contribution in [0.2, 0.25) is 0 Å². The van der Waals surface area contributed by atoms with Gasteiger partial charge in [0.25, 0.3) is 5.91 Å². The van der Waals surface area contributed by atoms with E-state index >= 15 is 0 Å². The Balaban J connectivity index is 1.59. The van der Waals surface area contributed by atoms with Crippen molar-refractivity contribution in [1.82, 2.24) is 4.90 Å². The molecule has 1 aliphatic heterocycles. The summed E-state index contributed by atoms with van der Waals surface area (Å²) in [6, 6.07) is 7.87. The second-order valence-corrected chi connectivity index (χ2v) is 6.88. The van der Waals surface area contributed by atoms with Gasteiger partial charge in [-0.1, -0.05) is 51.9 Å². The number of hydrogen-bond acceptors (Lipinski definition) is 3. The summed E-state index contributed by atoms with van der Waals surface area (Å²) in [6.45, 7) is 5.94. The molecule has 2 rings (SSSR count). The highest BCUT2D eigenvalue weighted by Gasteiger charge is 2.18. The van der Waals surface area contributed by atoms with Crippen molar-refractivity contribution in [3.63, 3.8) is 0 Å². The van der Waals surface area contributed by atoms with Crippen LogP contribution in [0.4, 0.5) is 5.69 Å². The lowest BCUT2D eigenvalue weighted by Gasteiger charge is -2.26. The first-order valence-corrected chi connectivity index (χ1v) is 10.0. The predicted molar refractivity (Wildman–Crippen MR) is 104 cm³/mol. The van der Waals surface area contributed by atoms with E-state index in [0.29, 0.717) is 26.3 Å². The van der Waals surface area contributed by atoms with Crippen molar-refractivity contribution in [3.05, 3.63) is 29.8 Å². The van der Waals surface area contributed by atoms with Crippen LogP contribution in [0, 0.1) is 0 Å². The Hall–Kier alpha value is -1.55. The van der Waals surface area contributed by atoms with E-state index in [1.165, 1.54) is 51.4 Å². The standard InChI is InChI=1S/C21H34N2O2/c1-2-3-4-5-6-7-8-9-14-22-20-12-10-19(11-13-20)21(24)23-15-17-25-18-16-23/h10-13,22H,2-9,14-18H2,1H3. The van der Waals surface area contributed by atoms with E-state index in [2.05, 4.69) is 12.2 Å². The molecule has 1 N–H and O–H groups in total. The second kappa shape index (κ2) is 11.9. The summed E-state index contributed by atoms with van der Waals surface area (Å²) >= 11 is 0. The number of morpholine rings is 1. The molecule has 0 aromatic heterocycles. The summed E-state index contributed by atoms with van der Waals surface area (Å²) in [6.07, 6.45) is 10.7. The first-order chi connectivity index (χ1) is 12.3.